The molecule has 1 N–H and O–H groups in total. The average Bonchev–Trinajstić information content (AvgIpc) is 3.25. The van der Waals surface area contributed by atoms with Gasteiger partial charge in [-0.05, 0) is 43.0 Å². The van der Waals surface area contributed by atoms with Crippen LogP contribution in [-0.4, -0.2) is 45.6 Å². The van der Waals surface area contributed by atoms with Gasteiger partial charge in [0.05, 0.1) is 0 Å². The number of rotatable bonds is 3. The van der Waals surface area contributed by atoms with Crippen molar-refractivity contribution < 1.29 is 0 Å². The molecule has 4 rings (SSSR count). The van der Waals surface area contributed by atoms with Gasteiger partial charge in [0.1, 0.15) is 12.1 Å². The Morgan fingerprint density at radius 1 is 1.22 bits per heavy atom. The topological polar surface area (TPSA) is 46.0 Å². The predicted octanol–water partition coefficient (Wildman–Crippen LogP) is 2.30. The van der Waals surface area contributed by atoms with Crippen LogP contribution in [0.25, 0.3) is 5.82 Å². The van der Waals surface area contributed by atoms with Crippen LogP contribution in [0, 0.1) is 5.41 Å². The minimum atomic E-state index is 0. The lowest BCUT2D eigenvalue weighted by Gasteiger charge is -2.22. The molecule has 2 aromatic heterocycles. The molecule has 0 bridgehead atoms. The Balaban J connectivity index is 0.000000960. The van der Waals surface area contributed by atoms with Gasteiger partial charge >= 0.3 is 0 Å². The lowest BCUT2D eigenvalue weighted by Crippen LogP contribution is -2.28. The summed E-state index contributed by atoms with van der Waals surface area (Å²) >= 11 is 0. The Morgan fingerprint density at radius 2 is 2.13 bits per heavy atom. The largest absolute Gasteiger partial charge is 0.316 e. The summed E-state index contributed by atoms with van der Waals surface area (Å²) in [5.41, 5.74) is 1.84. The van der Waals surface area contributed by atoms with Crippen LogP contribution < -0.4 is 5.32 Å². The maximum atomic E-state index is 4.54. The number of pyridine rings is 1. The zero-order valence-electron chi connectivity index (χ0n) is 13.0. The van der Waals surface area contributed by atoms with E-state index < -0.39 is 0 Å². The SMILES string of the molecule is Cl.Cl.c1cn(-c2ccc(CN3CCC4(CCNC4)C3)cn2)cn1. The second kappa shape index (κ2) is 7.62. The van der Waals surface area contributed by atoms with Crippen LogP contribution in [0.1, 0.15) is 18.4 Å². The standard InChI is InChI=1S/C16H21N5.2ClH/c1-2-15(21-8-6-18-13-21)19-9-14(1)10-20-7-4-16(12-20)3-5-17-11-16;;/h1-2,6,8-9,13,17H,3-5,7,10-12H2;2*1H. The Bertz CT molecular complexity index is 593. The van der Waals surface area contributed by atoms with Gasteiger partial charge in [-0.3, -0.25) is 9.47 Å². The van der Waals surface area contributed by atoms with Gasteiger partial charge in [0.15, 0.2) is 0 Å². The minimum absolute atomic E-state index is 0. The molecule has 7 heteroatoms. The zero-order chi connectivity index (χ0) is 14.1. The van der Waals surface area contributed by atoms with Gasteiger partial charge < -0.3 is 5.32 Å². The van der Waals surface area contributed by atoms with Crippen molar-refractivity contribution in [2.75, 3.05) is 26.2 Å². The quantitative estimate of drug-likeness (QED) is 0.917. The lowest BCUT2D eigenvalue weighted by atomic mass is 9.87. The molecule has 0 amide bonds. The van der Waals surface area contributed by atoms with E-state index in [2.05, 4.69) is 32.3 Å². The lowest BCUT2D eigenvalue weighted by molar-refractivity contribution is 0.268. The van der Waals surface area contributed by atoms with E-state index >= 15 is 0 Å². The number of nitrogens with one attached hydrogen (secondary N) is 1. The first-order valence-corrected chi connectivity index (χ1v) is 7.69. The summed E-state index contributed by atoms with van der Waals surface area (Å²) in [6, 6.07) is 4.25. The van der Waals surface area contributed by atoms with Crippen molar-refractivity contribution in [1.29, 1.82) is 0 Å². The second-order valence-corrected chi connectivity index (χ2v) is 6.38. The molecule has 2 saturated heterocycles. The third-order valence-electron chi connectivity index (χ3n) is 4.83. The smallest absolute Gasteiger partial charge is 0.137 e. The van der Waals surface area contributed by atoms with Crippen LogP contribution in [-0.2, 0) is 6.54 Å². The van der Waals surface area contributed by atoms with Crippen molar-refractivity contribution in [3.05, 3.63) is 42.6 Å². The molecule has 2 aromatic rings. The van der Waals surface area contributed by atoms with Crippen molar-refractivity contribution in [3.8, 4) is 5.82 Å². The van der Waals surface area contributed by atoms with Crippen molar-refractivity contribution >= 4 is 24.8 Å². The first-order valence-electron chi connectivity index (χ1n) is 7.69. The van der Waals surface area contributed by atoms with E-state index in [-0.39, 0.29) is 24.8 Å². The summed E-state index contributed by atoms with van der Waals surface area (Å²) in [6.07, 6.45) is 10.1. The first kappa shape index (κ1) is 18.2. The second-order valence-electron chi connectivity index (χ2n) is 6.38. The number of aromatic nitrogens is 3. The van der Waals surface area contributed by atoms with Crippen LogP contribution in [0.3, 0.4) is 0 Å². The van der Waals surface area contributed by atoms with Crippen LogP contribution in [0.2, 0.25) is 0 Å². The van der Waals surface area contributed by atoms with Gasteiger partial charge in [0, 0.05) is 38.2 Å². The van der Waals surface area contributed by atoms with Crippen LogP contribution in [0.4, 0.5) is 0 Å². The summed E-state index contributed by atoms with van der Waals surface area (Å²) in [5, 5.41) is 3.51. The fourth-order valence-corrected chi connectivity index (χ4v) is 3.62. The van der Waals surface area contributed by atoms with E-state index in [4.69, 9.17) is 0 Å². The number of nitrogens with zero attached hydrogens (tertiary/aromatic N) is 4. The van der Waals surface area contributed by atoms with Gasteiger partial charge in [-0.15, -0.1) is 24.8 Å². The zero-order valence-corrected chi connectivity index (χ0v) is 14.7. The molecule has 0 saturated carbocycles. The monoisotopic (exact) mass is 355 g/mol. The van der Waals surface area contributed by atoms with Gasteiger partial charge in [0.25, 0.3) is 0 Å². The van der Waals surface area contributed by atoms with Gasteiger partial charge in [-0.25, -0.2) is 9.97 Å². The minimum Gasteiger partial charge on any atom is -0.316 e. The Morgan fingerprint density at radius 3 is 2.78 bits per heavy atom. The highest BCUT2D eigenvalue weighted by atomic mass is 35.5. The summed E-state index contributed by atoms with van der Waals surface area (Å²) in [5.74, 6) is 0.925. The third-order valence-corrected chi connectivity index (χ3v) is 4.83. The Labute approximate surface area is 149 Å². The molecule has 0 aromatic carbocycles. The molecule has 1 unspecified atom stereocenters. The van der Waals surface area contributed by atoms with Gasteiger partial charge in [-0.1, -0.05) is 6.07 Å². The number of likely N-dealkylation sites (tertiary alicyclic amines) is 1. The van der Waals surface area contributed by atoms with Crippen molar-refractivity contribution in [2.24, 2.45) is 5.41 Å². The van der Waals surface area contributed by atoms with E-state index in [9.17, 15) is 0 Å². The van der Waals surface area contributed by atoms with Crippen molar-refractivity contribution in [3.63, 3.8) is 0 Å². The molecule has 0 radical (unpaired) electrons. The number of hydrogen-bond acceptors (Lipinski definition) is 4. The molecule has 5 nitrogen and oxygen atoms in total. The Kier molecular flexibility index (Phi) is 6.03. The highest BCUT2D eigenvalue weighted by Gasteiger charge is 2.39. The van der Waals surface area contributed by atoms with Crippen LogP contribution >= 0.6 is 24.8 Å². The van der Waals surface area contributed by atoms with Crippen molar-refractivity contribution in [1.82, 2.24) is 24.8 Å². The molecule has 2 fully saturated rings. The molecule has 23 heavy (non-hydrogen) atoms. The maximum Gasteiger partial charge on any atom is 0.137 e. The van der Waals surface area contributed by atoms with Gasteiger partial charge in [-0.2, -0.15) is 0 Å². The number of halogens is 2. The molecule has 2 aliphatic rings. The van der Waals surface area contributed by atoms with Crippen LogP contribution in [0.15, 0.2) is 37.1 Å². The fourth-order valence-electron chi connectivity index (χ4n) is 3.62. The van der Waals surface area contributed by atoms with E-state index in [0.29, 0.717) is 5.41 Å². The first-order chi connectivity index (χ1) is 10.3. The number of hydrogen-bond donors (Lipinski definition) is 1. The molecule has 4 heterocycles. The summed E-state index contributed by atoms with van der Waals surface area (Å²) in [6.45, 7) is 5.84. The molecule has 1 spiro atoms. The highest BCUT2D eigenvalue weighted by Crippen LogP contribution is 2.36. The maximum absolute atomic E-state index is 4.54. The molecular formula is C16H23Cl2N5. The molecule has 0 aliphatic carbocycles. The predicted molar refractivity (Wildman–Crippen MR) is 95.7 cm³/mol. The highest BCUT2D eigenvalue weighted by molar-refractivity contribution is 5.85. The molecular weight excluding hydrogens is 333 g/mol. The summed E-state index contributed by atoms with van der Waals surface area (Å²) < 4.78 is 1.93. The van der Waals surface area contributed by atoms with Gasteiger partial charge in [0.2, 0.25) is 0 Å². The number of imidazole rings is 1. The van der Waals surface area contributed by atoms with E-state index in [1.807, 2.05) is 17.0 Å². The normalized spacial score (nSPS) is 23.7. The van der Waals surface area contributed by atoms with E-state index in [1.165, 1.54) is 44.6 Å². The van der Waals surface area contributed by atoms with E-state index in [1.54, 1.807) is 12.5 Å². The van der Waals surface area contributed by atoms with Crippen molar-refractivity contribution in [2.45, 2.75) is 19.4 Å². The summed E-state index contributed by atoms with van der Waals surface area (Å²) in [7, 11) is 0. The van der Waals surface area contributed by atoms with E-state index in [0.717, 1.165) is 12.4 Å². The molecule has 2 aliphatic heterocycles. The molecule has 126 valence electrons. The average molecular weight is 356 g/mol. The molecule has 1 atom stereocenters. The summed E-state index contributed by atoms with van der Waals surface area (Å²) in [4.78, 5) is 11.2. The van der Waals surface area contributed by atoms with Crippen LogP contribution in [0.5, 0.6) is 0 Å². The third kappa shape index (κ3) is 3.86. The fraction of sp³-hybridized carbons (Fsp3) is 0.500. The Hall–Kier alpha value is -1.14.